The van der Waals surface area contributed by atoms with Crippen LogP contribution in [-0.4, -0.2) is 35.6 Å². The molecule has 0 unspecified atom stereocenters. The smallest absolute Gasteiger partial charge is 0.319 e. The van der Waals surface area contributed by atoms with Gasteiger partial charge in [0.05, 0.1) is 23.7 Å². The van der Waals surface area contributed by atoms with E-state index in [0.717, 1.165) is 12.0 Å². The number of nitrogens with one attached hydrogen (secondary N) is 3. The van der Waals surface area contributed by atoms with Gasteiger partial charge in [-0.1, -0.05) is 26.0 Å². The molecule has 0 saturated heterocycles. The molecule has 10 heteroatoms. The summed E-state index contributed by atoms with van der Waals surface area (Å²) in [5.74, 6) is 1.32. The average molecular weight is 546 g/mol. The molecule has 3 aromatic carbocycles. The number of urea groups is 1. The van der Waals surface area contributed by atoms with Crippen molar-refractivity contribution in [2.75, 3.05) is 24.3 Å². The summed E-state index contributed by atoms with van der Waals surface area (Å²) in [6, 6.07) is 16.1. The molecule has 40 heavy (non-hydrogen) atoms. The number of benzene rings is 3. The van der Waals surface area contributed by atoms with Crippen LogP contribution in [0.5, 0.6) is 17.4 Å². The monoisotopic (exact) mass is 545 g/mol. The first-order chi connectivity index (χ1) is 19.3. The normalized spacial score (nSPS) is 10.8. The number of anilines is 2. The molecule has 4 aromatic rings. The summed E-state index contributed by atoms with van der Waals surface area (Å²) in [4.78, 5) is 33.3. The van der Waals surface area contributed by atoms with Gasteiger partial charge in [-0.25, -0.2) is 19.2 Å². The van der Waals surface area contributed by atoms with Crippen LogP contribution in [0.2, 0.25) is 0 Å². The molecule has 0 bridgehead atoms. The van der Waals surface area contributed by atoms with E-state index in [1.165, 1.54) is 25.6 Å². The number of halogens is 1. The Hall–Kier alpha value is -4.73. The van der Waals surface area contributed by atoms with Crippen LogP contribution < -0.4 is 25.4 Å². The predicted molar refractivity (Wildman–Crippen MR) is 152 cm³/mol. The Bertz CT molecular complexity index is 1460. The second kappa shape index (κ2) is 13.4. The Morgan fingerprint density at radius 3 is 2.42 bits per heavy atom. The van der Waals surface area contributed by atoms with Gasteiger partial charge in [0.25, 0.3) is 0 Å². The number of carbonyl (C=O) groups excluding carboxylic acids is 2. The topological polar surface area (TPSA) is 114 Å². The van der Waals surface area contributed by atoms with Gasteiger partial charge in [-0.3, -0.25) is 4.79 Å². The zero-order chi connectivity index (χ0) is 28.5. The molecule has 3 N–H and O–H groups in total. The van der Waals surface area contributed by atoms with E-state index in [-0.39, 0.29) is 17.8 Å². The number of rotatable bonds is 11. The quantitative estimate of drug-likeness (QED) is 0.204. The fraction of sp³-hybridized carbons (Fsp3) is 0.267. The van der Waals surface area contributed by atoms with E-state index in [1.54, 1.807) is 48.5 Å². The van der Waals surface area contributed by atoms with Gasteiger partial charge < -0.3 is 25.4 Å². The lowest BCUT2D eigenvalue weighted by Crippen LogP contribution is -2.30. The van der Waals surface area contributed by atoms with Gasteiger partial charge in [-0.2, -0.15) is 0 Å². The summed E-state index contributed by atoms with van der Waals surface area (Å²) < 4.78 is 24.5. The molecule has 0 radical (unpaired) electrons. The summed E-state index contributed by atoms with van der Waals surface area (Å²) in [5.41, 5.74) is 2.61. The molecule has 0 fully saturated rings. The number of aromatic nitrogens is 2. The van der Waals surface area contributed by atoms with E-state index < -0.39 is 0 Å². The van der Waals surface area contributed by atoms with Crippen LogP contribution in [0.1, 0.15) is 32.3 Å². The minimum Gasteiger partial charge on any atom is -0.494 e. The van der Waals surface area contributed by atoms with Crippen molar-refractivity contribution in [3.8, 4) is 17.4 Å². The highest BCUT2D eigenvalue weighted by atomic mass is 19.1. The SMILES string of the molecule is COc1cc2ncnc(Oc3ccc(NC(=O)NCCc4ccc(F)cc4)cc3)c2cc1NC(=O)CCC(C)C. The lowest BCUT2D eigenvalue weighted by Gasteiger charge is -2.14. The fourth-order valence-electron chi connectivity index (χ4n) is 3.91. The maximum absolute atomic E-state index is 13.0. The molecule has 0 spiro atoms. The van der Waals surface area contributed by atoms with Crippen molar-refractivity contribution < 1.29 is 23.5 Å². The maximum Gasteiger partial charge on any atom is 0.319 e. The largest absolute Gasteiger partial charge is 0.494 e. The first-order valence-corrected chi connectivity index (χ1v) is 13.0. The van der Waals surface area contributed by atoms with Crippen molar-refractivity contribution in [2.24, 2.45) is 5.92 Å². The van der Waals surface area contributed by atoms with Crippen molar-refractivity contribution in [1.82, 2.24) is 15.3 Å². The van der Waals surface area contributed by atoms with Crippen molar-refractivity contribution in [2.45, 2.75) is 33.1 Å². The van der Waals surface area contributed by atoms with Gasteiger partial charge >= 0.3 is 6.03 Å². The standard InChI is InChI=1S/C30H32FN5O4/c1-19(2)4-13-28(37)36-26-16-24-25(17-27(26)39-3)33-18-34-29(24)40-23-11-9-22(10-12-23)35-30(38)32-15-14-20-5-7-21(31)8-6-20/h5-12,16-19H,4,13-15H2,1-3H3,(H,36,37)(H2,32,35,38). The van der Waals surface area contributed by atoms with Gasteiger partial charge in [0.15, 0.2) is 0 Å². The third kappa shape index (κ3) is 7.89. The van der Waals surface area contributed by atoms with Gasteiger partial charge in [0, 0.05) is 24.7 Å². The summed E-state index contributed by atoms with van der Waals surface area (Å²) >= 11 is 0. The van der Waals surface area contributed by atoms with Gasteiger partial charge in [0.2, 0.25) is 11.8 Å². The Balaban J connectivity index is 1.39. The lowest BCUT2D eigenvalue weighted by molar-refractivity contribution is -0.116. The Labute approximate surface area is 232 Å². The van der Waals surface area contributed by atoms with E-state index in [4.69, 9.17) is 9.47 Å². The van der Waals surface area contributed by atoms with Gasteiger partial charge in [-0.05, 0) is 66.8 Å². The molecule has 0 aliphatic rings. The summed E-state index contributed by atoms with van der Waals surface area (Å²) in [6.45, 7) is 4.55. The number of hydrogen-bond acceptors (Lipinski definition) is 6. The van der Waals surface area contributed by atoms with E-state index >= 15 is 0 Å². The second-order valence-corrected chi connectivity index (χ2v) is 9.61. The molecule has 0 atom stereocenters. The van der Waals surface area contributed by atoms with Crippen molar-refractivity contribution in [3.63, 3.8) is 0 Å². The second-order valence-electron chi connectivity index (χ2n) is 9.61. The summed E-state index contributed by atoms with van der Waals surface area (Å²) in [5, 5.41) is 9.06. The number of methoxy groups -OCH3 is 1. The van der Waals surface area contributed by atoms with E-state index in [0.29, 0.717) is 65.0 Å². The van der Waals surface area contributed by atoms with Gasteiger partial charge in [0.1, 0.15) is 23.6 Å². The molecular formula is C30H32FN5O4. The molecule has 1 aromatic heterocycles. The van der Waals surface area contributed by atoms with Crippen molar-refractivity contribution in [1.29, 1.82) is 0 Å². The van der Waals surface area contributed by atoms with E-state index in [2.05, 4.69) is 39.8 Å². The maximum atomic E-state index is 13.0. The first-order valence-electron chi connectivity index (χ1n) is 13.0. The number of amides is 3. The third-order valence-electron chi connectivity index (χ3n) is 6.08. The summed E-state index contributed by atoms with van der Waals surface area (Å²) in [7, 11) is 1.53. The molecule has 0 saturated carbocycles. The van der Waals surface area contributed by atoms with Crippen LogP contribution in [0.3, 0.4) is 0 Å². The number of carbonyl (C=O) groups is 2. The average Bonchev–Trinajstić information content (AvgIpc) is 2.94. The predicted octanol–water partition coefficient (Wildman–Crippen LogP) is 6.31. The van der Waals surface area contributed by atoms with Gasteiger partial charge in [-0.15, -0.1) is 0 Å². The molecule has 208 valence electrons. The van der Waals surface area contributed by atoms with Crippen LogP contribution in [0, 0.1) is 11.7 Å². The van der Waals surface area contributed by atoms with Crippen LogP contribution in [0.15, 0.2) is 67.0 Å². The number of hydrogen-bond donors (Lipinski definition) is 3. The highest BCUT2D eigenvalue weighted by molar-refractivity contribution is 5.97. The van der Waals surface area contributed by atoms with E-state index in [1.807, 2.05) is 0 Å². The third-order valence-corrected chi connectivity index (χ3v) is 6.08. The molecule has 4 rings (SSSR count). The number of nitrogens with zero attached hydrogens (tertiary/aromatic N) is 2. The zero-order valence-corrected chi connectivity index (χ0v) is 22.7. The molecule has 3 amide bonds. The Kier molecular flexibility index (Phi) is 9.45. The Morgan fingerprint density at radius 2 is 1.73 bits per heavy atom. The van der Waals surface area contributed by atoms with E-state index in [9.17, 15) is 14.0 Å². The van der Waals surface area contributed by atoms with Crippen LogP contribution >= 0.6 is 0 Å². The molecule has 9 nitrogen and oxygen atoms in total. The molecule has 1 heterocycles. The summed E-state index contributed by atoms with van der Waals surface area (Å²) in [6.07, 6.45) is 3.16. The molecular weight excluding hydrogens is 513 g/mol. The number of fused-ring (bicyclic) bond motifs is 1. The van der Waals surface area contributed by atoms with Crippen molar-refractivity contribution in [3.05, 3.63) is 78.4 Å². The minimum atomic E-state index is -0.352. The minimum absolute atomic E-state index is 0.103. The fourth-order valence-corrected chi connectivity index (χ4v) is 3.91. The zero-order valence-electron chi connectivity index (χ0n) is 22.7. The first kappa shape index (κ1) is 28.3. The number of ether oxygens (including phenoxy) is 2. The highest BCUT2D eigenvalue weighted by Gasteiger charge is 2.15. The van der Waals surface area contributed by atoms with Crippen LogP contribution in [0.25, 0.3) is 10.9 Å². The van der Waals surface area contributed by atoms with Crippen LogP contribution in [0.4, 0.5) is 20.6 Å². The lowest BCUT2D eigenvalue weighted by atomic mass is 10.1. The molecule has 0 aliphatic heterocycles. The Morgan fingerprint density at radius 1 is 0.975 bits per heavy atom. The van der Waals surface area contributed by atoms with Crippen molar-refractivity contribution >= 4 is 34.2 Å². The molecule has 0 aliphatic carbocycles. The highest BCUT2D eigenvalue weighted by Crippen LogP contribution is 2.35. The van der Waals surface area contributed by atoms with Crippen LogP contribution in [-0.2, 0) is 11.2 Å².